The second-order valence-electron chi connectivity index (χ2n) is 2.72. The summed E-state index contributed by atoms with van der Waals surface area (Å²) in [4.78, 5) is 0. The van der Waals surface area contributed by atoms with E-state index in [1.807, 2.05) is 24.3 Å². The standard InChI is InChI=1S/C10H14O2/c1-12-8-10-4-2-9(3-5-10)6-7-11/h2-5,11H,6-8H2,1H3. The molecule has 1 aromatic carbocycles. The SMILES string of the molecule is COCc1ccc(CCO)cc1. The molecule has 0 spiro atoms. The molecule has 0 saturated carbocycles. The van der Waals surface area contributed by atoms with Crippen LogP contribution in [-0.2, 0) is 17.8 Å². The van der Waals surface area contributed by atoms with E-state index in [0.29, 0.717) is 6.61 Å². The summed E-state index contributed by atoms with van der Waals surface area (Å²) in [6, 6.07) is 8.08. The molecule has 0 saturated heterocycles. The lowest BCUT2D eigenvalue weighted by atomic mass is 10.1. The highest BCUT2D eigenvalue weighted by atomic mass is 16.5. The second kappa shape index (κ2) is 4.91. The summed E-state index contributed by atoms with van der Waals surface area (Å²) < 4.78 is 4.98. The Morgan fingerprint density at radius 1 is 1.17 bits per heavy atom. The number of benzene rings is 1. The van der Waals surface area contributed by atoms with Crippen LogP contribution in [0, 0.1) is 0 Å². The molecule has 0 bridgehead atoms. The summed E-state index contributed by atoms with van der Waals surface area (Å²) in [5.74, 6) is 0. The van der Waals surface area contributed by atoms with E-state index in [0.717, 1.165) is 12.0 Å². The average Bonchev–Trinajstić information content (AvgIpc) is 2.09. The summed E-state index contributed by atoms with van der Waals surface area (Å²) in [7, 11) is 1.68. The largest absolute Gasteiger partial charge is 0.396 e. The minimum absolute atomic E-state index is 0.212. The van der Waals surface area contributed by atoms with Crippen LogP contribution < -0.4 is 0 Å². The third kappa shape index (κ3) is 2.64. The van der Waals surface area contributed by atoms with Gasteiger partial charge in [0.2, 0.25) is 0 Å². The first-order valence-corrected chi connectivity index (χ1v) is 4.04. The normalized spacial score (nSPS) is 10.2. The molecular weight excluding hydrogens is 152 g/mol. The zero-order chi connectivity index (χ0) is 8.81. The Morgan fingerprint density at radius 2 is 1.75 bits per heavy atom. The molecule has 12 heavy (non-hydrogen) atoms. The Balaban J connectivity index is 2.58. The van der Waals surface area contributed by atoms with Crippen LogP contribution in [0.1, 0.15) is 11.1 Å². The summed E-state index contributed by atoms with van der Waals surface area (Å²) in [5.41, 5.74) is 2.33. The van der Waals surface area contributed by atoms with Crippen LogP contribution in [0.3, 0.4) is 0 Å². The third-order valence-electron chi connectivity index (χ3n) is 1.73. The molecule has 0 aromatic heterocycles. The Kier molecular flexibility index (Phi) is 3.77. The first-order chi connectivity index (χ1) is 5.86. The van der Waals surface area contributed by atoms with Gasteiger partial charge in [0, 0.05) is 13.7 Å². The van der Waals surface area contributed by atoms with Gasteiger partial charge in [-0.25, -0.2) is 0 Å². The number of ether oxygens (including phenoxy) is 1. The zero-order valence-corrected chi connectivity index (χ0v) is 7.29. The molecule has 0 unspecified atom stereocenters. The van der Waals surface area contributed by atoms with Crippen molar-refractivity contribution in [3.63, 3.8) is 0 Å². The van der Waals surface area contributed by atoms with Gasteiger partial charge in [-0.15, -0.1) is 0 Å². The van der Waals surface area contributed by atoms with Crippen LogP contribution in [0.2, 0.25) is 0 Å². The maximum absolute atomic E-state index is 8.67. The van der Waals surface area contributed by atoms with Gasteiger partial charge in [0.15, 0.2) is 0 Å². The van der Waals surface area contributed by atoms with Gasteiger partial charge in [-0.3, -0.25) is 0 Å². The smallest absolute Gasteiger partial charge is 0.0713 e. The topological polar surface area (TPSA) is 29.5 Å². The van der Waals surface area contributed by atoms with Gasteiger partial charge in [0.25, 0.3) is 0 Å². The number of methoxy groups -OCH3 is 1. The van der Waals surface area contributed by atoms with Crippen molar-refractivity contribution >= 4 is 0 Å². The number of rotatable bonds is 4. The van der Waals surface area contributed by atoms with E-state index in [2.05, 4.69) is 0 Å². The minimum atomic E-state index is 0.212. The van der Waals surface area contributed by atoms with Crippen LogP contribution in [0.25, 0.3) is 0 Å². The fourth-order valence-corrected chi connectivity index (χ4v) is 1.10. The maximum atomic E-state index is 8.67. The van der Waals surface area contributed by atoms with E-state index in [9.17, 15) is 0 Å². The molecule has 0 amide bonds. The molecule has 1 N–H and O–H groups in total. The summed E-state index contributed by atoms with van der Waals surface area (Å²) in [5, 5.41) is 8.67. The summed E-state index contributed by atoms with van der Waals surface area (Å²) >= 11 is 0. The van der Waals surface area contributed by atoms with Gasteiger partial charge in [-0.2, -0.15) is 0 Å². The predicted molar refractivity (Wildman–Crippen MR) is 47.9 cm³/mol. The molecule has 2 heteroatoms. The Hall–Kier alpha value is -0.860. The quantitative estimate of drug-likeness (QED) is 0.732. The van der Waals surface area contributed by atoms with Crippen molar-refractivity contribution in [1.82, 2.24) is 0 Å². The maximum Gasteiger partial charge on any atom is 0.0713 e. The minimum Gasteiger partial charge on any atom is -0.396 e. The lowest BCUT2D eigenvalue weighted by Gasteiger charge is -2.01. The lowest BCUT2D eigenvalue weighted by molar-refractivity contribution is 0.185. The van der Waals surface area contributed by atoms with Crippen LogP contribution in [0.15, 0.2) is 24.3 Å². The van der Waals surface area contributed by atoms with Crippen molar-refractivity contribution < 1.29 is 9.84 Å². The van der Waals surface area contributed by atoms with E-state index in [-0.39, 0.29) is 6.61 Å². The van der Waals surface area contributed by atoms with Crippen molar-refractivity contribution in [2.45, 2.75) is 13.0 Å². The highest BCUT2D eigenvalue weighted by molar-refractivity contribution is 5.22. The predicted octanol–water partition coefficient (Wildman–Crippen LogP) is 1.37. The molecule has 0 aliphatic carbocycles. The van der Waals surface area contributed by atoms with E-state index < -0.39 is 0 Å². The summed E-state index contributed by atoms with van der Waals surface area (Å²) in [6.07, 6.45) is 0.729. The molecule has 0 heterocycles. The molecule has 2 nitrogen and oxygen atoms in total. The van der Waals surface area contributed by atoms with Gasteiger partial charge >= 0.3 is 0 Å². The van der Waals surface area contributed by atoms with Crippen molar-refractivity contribution in [2.75, 3.05) is 13.7 Å². The van der Waals surface area contributed by atoms with Gasteiger partial charge in [-0.1, -0.05) is 24.3 Å². The van der Waals surface area contributed by atoms with Crippen LogP contribution in [0.5, 0.6) is 0 Å². The van der Waals surface area contributed by atoms with Gasteiger partial charge in [0.1, 0.15) is 0 Å². The highest BCUT2D eigenvalue weighted by Gasteiger charge is 1.92. The third-order valence-corrected chi connectivity index (χ3v) is 1.73. The average molecular weight is 166 g/mol. The van der Waals surface area contributed by atoms with Crippen LogP contribution in [-0.4, -0.2) is 18.8 Å². The Bertz CT molecular complexity index is 191. The molecule has 0 fully saturated rings. The summed E-state index contributed by atoms with van der Waals surface area (Å²) in [6.45, 7) is 0.864. The molecule has 0 aliphatic rings. The fraction of sp³-hybridized carbons (Fsp3) is 0.400. The molecule has 1 aromatic rings. The first-order valence-electron chi connectivity index (χ1n) is 4.04. The second-order valence-corrected chi connectivity index (χ2v) is 2.72. The van der Waals surface area contributed by atoms with Crippen molar-refractivity contribution in [3.05, 3.63) is 35.4 Å². The zero-order valence-electron chi connectivity index (χ0n) is 7.29. The molecule has 66 valence electrons. The number of aliphatic hydroxyl groups is 1. The van der Waals surface area contributed by atoms with Crippen molar-refractivity contribution in [1.29, 1.82) is 0 Å². The van der Waals surface area contributed by atoms with Crippen molar-refractivity contribution in [3.8, 4) is 0 Å². The number of hydrogen-bond donors (Lipinski definition) is 1. The molecule has 0 aliphatic heterocycles. The van der Waals surface area contributed by atoms with E-state index in [1.54, 1.807) is 7.11 Å². The van der Waals surface area contributed by atoms with Crippen LogP contribution in [0.4, 0.5) is 0 Å². The number of aliphatic hydroxyl groups excluding tert-OH is 1. The van der Waals surface area contributed by atoms with Crippen molar-refractivity contribution in [2.24, 2.45) is 0 Å². The first kappa shape index (κ1) is 9.23. The Labute approximate surface area is 72.8 Å². The molecule has 0 atom stereocenters. The molecule has 0 radical (unpaired) electrons. The monoisotopic (exact) mass is 166 g/mol. The molecular formula is C10H14O2. The fourth-order valence-electron chi connectivity index (χ4n) is 1.10. The van der Waals surface area contributed by atoms with E-state index in [4.69, 9.17) is 9.84 Å². The lowest BCUT2D eigenvalue weighted by Crippen LogP contribution is -1.92. The number of hydrogen-bond acceptors (Lipinski definition) is 2. The highest BCUT2D eigenvalue weighted by Crippen LogP contribution is 2.05. The van der Waals surface area contributed by atoms with Crippen LogP contribution >= 0.6 is 0 Å². The van der Waals surface area contributed by atoms with Gasteiger partial charge < -0.3 is 9.84 Å². The van der Waals surface area contributed by atoms with Gasteiger partial charge in [-0.05, 0) is 17.5 Å². The molecule has 1 rings (SSSR count). The van der Waals surface area contributed by atoms with Gasteiger partial charge in [0.05, 0.1) is 6.61 Å². The van der Waals surface area contributed by atoms with E-state index >= 15 is 0 Å². The Morgan fingerprint density at radius 3 is 2.25 bits per heavy atom. The van der Waals surface area contributed by atoms with E-state index in [1.165, 1.54) is 5.56 Å².